The number of carbonyl (C=O) groups excluding carboxylic acids is 1. The highest BCUT2D eigenvalue weighted by Crippen LogP contribution is 2.44. The number of allylic oxidation sites excluding steroid dienone is 2. The number of thiophene rings is 1. The number of pyridine rings is 1. The van der Waals surface area contributed by atoms with E-state index in [1.165, 1.54) is 0 Å². The van der Waals surface area contributed by atoms with Crippen molar-refractivity contribution in [3.63, 3.8) is 0 Å². The van der Waals surface area contributed by atoms with E-state index >= 15 is 0 Å². The van der Waals surface area contributed by atoms with Crippen molar-refractivity contribution in [2.75, 3.05) is 25.2 Å². The van der Waals surface area contributed by atoms with Crippen LogP contribution in [0.3, 0.4) is 0 Å². The van der Waals surface area contributed by atoms with Crippen LogP contribution in [0.4, 0.5) is 5.69 Å². The van der Waals surface area contributed by atoms with Gasteiger partial charge in [0, 0.05) is 18.2 Å². The Morgan fingerprint density at radius 2 is 2.04 bits per heavy atom. The summed E-state index contributed by atoms with van der Waals surface area (Å²) in [6.45, 7) is 4.13. The Labute approximate surface area is 167 Å². The van der Waals surface area contributed by atoms with Crippen LogP contribution >= 0.6 is 23.1 Å². The van der Waals surface area contributed by atoms with E-state index in [-0.39, 0.29) is 5.78 Å². The molecule has 3 aromatic rings. The monoisotopic (exact) mass is 398 g/mol. The van der Waals surface area contributed by atoms with Crippen molar-refractivity contribution in [3.05, 3.63) is 48.2 Å². The Morgan fingerprint density at radius 3 is 2.70 bits per heavy atom. The molecule has 0 aliphatic rings. The summed E-state index contributed by atoms with van der Waals surface area (Å²) < 4.78 is 6.20. The average molecular weight is 399 g/mol. The van der Waals surface area contributed by atoms with Crippen LogP contribution in [0.15, 0.2) is 46.7 Å². The first kappa shape index (κ1) is 19.6. The van der Waals surface area contributed by atoms with Gasteiger partial charge in [0.15, 0.2) is 5.78 Å². The molecule has 2 heterocycles. The second-order valence-electron chi connectivity index (χ2n) is 6.18. The lowest BCUT2D eigenvalue weighted by Crippen LogP contribution is -1.94. The van der Waals surface area contributed by atoms with E-state index in [0.717, 1.165) is 48.3 Å². The zero-order valence-corrected chi connectivity index (χ0v) is 17.2. The summed E-state index contributed by atoms with van der Waals surface area (Å²) in [7, 11) is 1.69. The summed E-state index contributed by atoms with van der Waals surface area (Å²) in [4.78, 5) is 17.2. The lowest BCUT2D eigenvalue weighted by molar-refractivity contribution is -0.112. The topological polar surface area (TPSA) is 65.2 Å². The highest BCUT2D eigenvalue weighted by Gasteiger charge is 2.18. The van der Waals surface area contributed by atoms with Crippen LogP contribution in [0.2, 0.25) is 0 Å². The first-order valence-electron chi connectivity index (χ1n) is 8.60. The second kappa shape index (κ2) is 8.69. The van der Waals surface area contributed by atoms with E-state index in [1.54, 1.807) is 43.2 Å². The number of aromatic nitrogens is 1. The molecule has 140 valence electrons. The molecular formula is C21H22N2O2S2. The molecule has 6 heteroatoms. The van der Waals surface area contributed by atoms with Crippen LogP contribution in [-0.4, -0.2) is 30.2 Å². The van der Waals surface area contributed by atoms with E-state index in [0.29, 0.717) is 6.61 Å². The molecule has 0 amide bonds. The van der Waals surface area contributed by atoms with Gasteiger partial charge in [-0.15, -0.1) is 23.1 Å². The predicted molar refractivity (Wildman–Crippen MR) is 116 cm³/mol. The number of ketones is 1. The molecule has 0 aliphatic carbocycles. The Kier molecular flexibility index (Phi) is 6.31. The number of nitrogens with zero attached hydrogens (tertiary/aromatic N) is 1. The third-order valence-corrected chi connectivity index (χ3v) is 6.44. The highest BCUT2D eigenvalue weighted by molar-refractivity contribution is 8.01. The lowest BCUT2D eigenvalue weighted by Gasteiger charge is -2.09. The Hall–Kier alpha value is -2.15. The minimum absolute atomic E-state index is 0.0113. The number of anilines is 1. The van der Waals surface area contributed by atoms with Crippen molar-refractivity contribution in [2.45, 2.75) is 18.1 Å². The van der Waals surface area contributed by atoms with Gasteiger partial charge < -0.3 is 10.5 Å². The molecule has 0 bridgehead atoms. The molecule has 0 unspecified atom stereocenters. The molecule has 4 nitrogen and oxygen atoms in total. The van der Waals surface area contributed by atoms with Gasteiger partial charge in [-0.05, 0) is 42.7 Å². The van der Waals surface area contributed by atoms with Crippen LogP contribution in [0, 0.1) is 0 Å². The van der Waals surface area contributed by atoms with E-state index < -0.39 is 0 Å². The largest absolute Gasteiger partial charge is 0.397 e. The average Bonchev–Trinajstić information content (AvgIpc) is 2.97. The fourth-order valence-corrected chi connectivity index (χ4v) is 5.12. The minimum Gasteiger partial charge on any atom is -0.397 e. The quantitative estimate of drug-likeness (QED) is 0.333. The molecule has 2 N–H and O–H groups in total. The van der Waals surface area contributed by atoms with Crippen LogP contribution in [0.5, 0.6) is 0 Å². The molecule has 0 saturated heterocycles. The van der Waals surface area contributed by atoms with Gasteiger partial charge in [0.05, 0.1) is 22.2 Å². The van der Waals surface area contributed by atoms with Gasteiger partial charge in [-0.3, -0.25) is 4.79 Å². The fourth-order valence-electron chi connectivity index (χ4n) is 2.85. The molecule has 0 radical (unpaired) electrons. The van der Waals surface area contributed by atoms with Crippen LogP contribution in [-0.2, 0) is 9.53 Å². The summed E-state index contributed by atoms with van der Waals surface area (Å²) >= 11 is 3.28. The molecule has 0 fully saturated rings. The third kappa shape index (κ3) is 4.40. The van der Waals surface area contributed by atoms with E-state index in [4.69, 9.17) is 15.5 Å². The molecule has 0 saturated carbocycles. The molecule has 0 spiro atoms. The Balaban J connectivity index is 2.20. The first-order valence-corrected chi connectivity index (χ1v) is 10.4. The van der Waals surface area contributed by atoms with Crippen molar-refractivity contribution >= 4 is 50.4 Å². The van der Waals surface area contributed by atoms with Gasteiger partial charge in [0.25, 0.3) is 0 Å². The fraction of sp³-hybridized carbons (Fsp3) is 0.238. The molecule has 0 aliphatic heterocycles. The van der Waals surface area contributed by atoms with Crippen molar-refractivity contribution in [3.8, 4) is 11.1 Å². The van der Waals surface area contributed by atoms with Gasteiger partial charge in [-0.1, -0.05) is 30.3 Å². The van der Waals surface area contributed by atoms with E-state index in [1.807, 2.05) is 31.2 Å². The maximum absolute atomic E-state index is 11.5. The van der Waals surface area contributed by atoms with Crippen LogP contribution < -0.4 is 5.73 Å². The molecule has 3 rings (SSSR count). The zero-order valence-electron chi connectivity index (χ0n) is 15.6. The van der Waals surface area contributed by atoms with Crippen molar-refractivity contribution in [2.24, 2.45) is 0 Å². The SMILES string of the molecule is COCCSc1sc2nc(/C(C)=C/C(C)=O)cc(-c3ccccc3)c2c1N. The standard InChI is InChI=1S/C21H22N2O2S2/c1-13(11-14(2)24)17-12-16(15-7-5-4-6-8-15)18-19(22)21(26-10-9-25-3)27-20(18)23-17/h4-8,11-12H,9-10,22H2,1-3H3/b13-11+. The van der Waals surface area contributed by atoms with Gasteiger partial charge in [0.1, 0.15) is 4.83 Å². The molecule has 0 atom stereocenters. The van der Waals surface area contributed by atoms with Crippen molar-refractivity contribution < 1.29 is 9.53 Å². The van der Waals surface area contributed by atoms with Crippen molar-refractivity contribution in [1.29, 1.82) is 0 Å². The maximum Gasteiger partial charge on any atom is 0.152 e. The summed E-state index contributed by atoms with van der Waals surface area (Å²) in [5.41, 5.74) is 11.0. The number of thioether (sulfide) groups is 1. The van der Waals surface area contributed by atoms with Gasteiger partial charge in [-0.25, -0.2) is 4.98 Å². The van der Waals surface area contributed by atoms with Crippen LogP contribution in [0.1, 0.15) is 19.5 Å². The number of benzene rings is 1. The summed E-state index contributed by atoms with van der Waals surface area (Å²) in [6.07, 6.45) is 1.62. The number of ether oxygens (including phenoxy) is 1. The highest BCUT2D eigenvalue weighted by atomic mass is 32.2. The third-order valence-electron chi connectivity index (χ3n) is 4.09. The normalized spacial score (nSPS) is 11.9. The number of nitrogens with two attached hydrogens (primary N) is 1. The van der Waals surface area contributed by atoms with Crippen molar-refractivity contribution in [1.82, 2.24) is 4.98 Å². The maximum atomic E-state index is 11.5. The zero-order chi connectivity index (χ0) is 19.4. The Morgan fingerprint density at radius 1 is 1.30 bits per heavy atom. The minimum atomic E-state index is 0.0113. The first-order chi connectivity index (χ1) is 13.0. The van der Waals surface area contributed by atoms with Gasteiger partial charge in [0.2, 0.25) is 0 Å². The lowest BCUT2D eigenvalue weighted by atomic mass is 10.00. The number of hydrogen-bond acceptors (Lipinski definition) is 6. The van der Waals surface area contributed by atoms with E-state index in [9.17, 15) is 4.79 Å². The van der Waals surface area contributed by atoms with Gasteiger partial charge >= 0.3 is 0 Å². The number of carbonyl (C=O) groups is 1. The number of methoxy groups -OCH3 is 1. The Bertz CT molecular complexity index is 994. The smallest absolute Gasteiger partial charge is 0.152 e. The predicted octanol–water partition coefficient (Wildman–Crippen LogP) is 5.28. The number of fused-ring (bicyclic) bond motifs is 1. The number of rotatable bonds is 7. The molecule has 1 aromatic carbocycles. The molecular weight excluding hydrogens is 376 g/mol. The summed E-state index contributed by atoms with van der Waals surface area (Å²) in [6, 6.07) is 12.2. The number of nitrogen functional groups attached to an aromatic ring is 1. The number of hydrogen-bond donors (Lipinski definition) is 1. The van der Waals surface area contributed by atoms with Crippen LogP contribution in [0.25, 0.3) is 26.9 Å². The molecule has 2 aromatic heterocycles. The summed E-state index contributed by atoms with van der Waals surface area (Å²) in [5.74, 6) is 0.849. The van der Waals surface area contributed by atoms with E-state index in [2.05, 4.69) is 12.1 Å². The second-order valence-corrected chi connectivity index (χ2v) is 8.55. The van der Waals surface area contributed by atoms with Gasteiger partial charge in [-0.2, -0.15) is 0 Å². The molecule has 27 heavy (non-hydrogen) atoms. The summed E-state index contributed by atoms with van der Waals surface area (Å²) in [5, 5.41) is 0.977.